The number of unbranched alkanes of at least 4 members (excludes halogenated alkanes) is 2. The average Bonchev–Trinajstić information content (AvgIpc) is 2.65. The predicted molar refractivity (Wildman–Crippen MR) is 77.3 cm³/mol. The molecule has 1 N–H and O–H groups in total. The molecule has 0 spiro atoms. The van der Waals surface area contributed by atoms with Crippen LogP contribution in [0.15, 0.2) is 16.3 Å². The second-order valence-corrected chi connectivity index (χ2v) is 7.99. The third-order valence-corrected chi connectivity index (χ3v) is 5.86. The first-order chi connectivity index (χ1) is 7.56. The summed E-state index contributed by atoms with van der Waals surface area (Å²) in [5.74, 6) is 0. The molecule has 0 atom stereocenters. The van der Waals surface area contributed by atoms with Crippen LogP contribution >= 0.6 is 45.5 Å². The van der Waals surface area contributed by atoms with Crippen LogP contribution in [0, 0.1) is 0 Å². The molecule has 0 radical (unpaired) electrons. The molecule has 3 nitrogen and oxygen atoms in total. The van der Waals surface area contributed by atoms with Crippen molar-refractivity contribution >= 4 is 55.6 Å². The Hall–Kier alpha value is 0.630. The number of thiophene rings is 1. The fourth-order valence-electron chi connectivity index (χ4n) is 1.12. The van der Waals surface area contributed by atoms with Gasteiger partial charge in [-0.1, -0.05) is 40.6 Å². The van der Waals surface area contributed by atoms with Gasteiger partial charge in [-0.15, -0.1) is 11.3 Å². The first-order valence-electron chi connectivity index (χ1n) is 4.87. The van der Waals surface area contributed by atoms with Gasteiger partial charge in [0, 0.05) is 6.54 Å². The smallest absolute Gasteiger partial charge is 0.210 e. The van der Waals surface area contributed by atoms with Crippen molar-refractivity contribution in [2.45, 2.75) is 23.5 Å². The first-order valence-corrected chi connectivity index (χ1v) is 9.07. The van der Waals surface area contributed by atoms with E-state index in [1.54, 1.807) is 6.07 Å². The SMILES string of the molecule is O=S(=O)(NCCCCCI)c1ccc(Cl)s1. The Balaban J connectivity index is 2.41. The molecule has 0 unspecified atom stereocenters. The summed E-state index contributed by atoms with van der Waals surface area (Å²) in [5.41, 5.74) is 0. The van der Waals surface area contributed by atoms with Crippen molar-refractivity contribution in [1.82, 2.24) is 4.72 Å². The van der Waals surface area contributed by atoms with E-state index < -0.39 is 10.0 Å². The van der Waals surface area contributed by atoms with Gasteiger partial charge in [0.2, 0.25) is 10.0 Å². The number of hydrogen-bond acceptors (Lipinski definition) is 3. The molecule has 0 fully saturated rings. The maximum Gasteiger partial charge on any atom is 0.250 e. The van der Waals surface area contributed by atoms with E-state index in [2.05, 4.69) is 27.3 Å². The Labute approximate surface area is 119 Å². The highest BCUT2D eigenvalue weighted by atomic mass is 127. The fourth-order valence-corrected chi connectivity index (χ4v) is 4.26. The van der Waals surface area contributed by atoms with Crippen molar-refractivity contribution in [2.75, 3.05) is 11.0 Å². The largest absolute Gasteiger partial charge is 0.250 e. The van der Waals surface area contributed by atoms with Gasteiger partial charge in [0.1, 0.15) is 4.21 Å². The predicted octanol–water partition coefficient (Wildman–Crippen LogP) is 3.29. The van der Waals surface area contributed by atoms with E-state index in [0.717, 1.165) is 35.0 Å². The van der Waals surface area contributed by atoms with E-state index in [4.69, 9.17) is 11.6 Å². The van der Waals surface area contributed by atoms with Crippen LogP contribution < -0.4 is 4.72 Å². The van der Waals surface area contributed by atoms with E-state index in [0.29, 0.717) is 10.9 Å². The zero-order valence-corrected chi connectivity index (χ0v) is 13.1. The van der Waals surface area contributed by atoms with Gasteiger partial charge in [0.05, 0.1) is 4.34 Å². The minimum atomic E-state index is -3.34. The molecule has 0 bridgehead atoms. The molecule has 1 aromatic heterocycles. The summed E-state index contributed by atoms with van der Waals surface area (Å²) in [6, 6.07) is 3.12. The van der Waals surface area contributed by atoms with Gasteiger partial charge in [-0.2, -0.15) is 0 Å². The number of nitrogens with one attached hydrogen (secondary N) is 1. The second-order valence-electron chi connectivity index (χ2n) is 3.21. The van der Waals surface area contributed by atoms with Crippen molar-refractivity contribution < 1.29 is 8.42 Å². The summed E-state index contributed by atoms with van der Waals surface area (Å²) in [6.45, 7) is 0.495. The quantitative estimate of drug-likeness (QED) is 0.439. The van der Waals surface area contributed by atoms with Gasteiger partial charge in [-0.25, -0.2) is 13.1 Å². The summed E-state index contributed by atoms with van der Waals surface area (Å²) < 4.78 is 27.9. The molecule has 1 heterocycles. The highest BCUT2D eigenvalue weighted by molar-refractivity contribution is 14.1. The Bertz CT molecular complexity index is 419. The van der Waals surface area contributed by atoms with Crippen LogP contribution in [0.4, 0.5) is 0 Å². The van der Waals surface area contributed by atoms with Crippen LogP contribution in [0.25, 0.3) is 0 Å². The van der Waals surface area contributed by atoms with Crippen LogP contribution in [0.1, 0.15) is 19.3 Å². The summed E-state index contributed by atoms with van der Waals surface area (Å²) in [5, 5.41) is 0. The molecule has 0 aliphatic rings. The summed E-state index contributed by atoms with van der Waals surface area (Å²) in [7, 11) is -3.34. The number of alkyl halides is 1. The van der Waals surface area contributed by atoms with Gasteiger partial charge in [-0.3, -0.25) is 0 Å². The lowest BCUT2D eigenvalue weighted by molar-refractivity contribution is 0.578. The highest BCUT2D eigenvalue weighted by Gasteiger charge is 2.15. The molecule has 1 aromatic rings. The number of rotatable bonds is 7. The molecular formula is C9H13ClINO2S2. The van der Waals surface area contributed by atoms with Crippen LogP contribution in [0.3, 0.4) is 0 Å². The molecule has 0 aromatic carbocycles. The summed E-state index contributed by atoms with van der Waals surface area (Å²) in [6.07, 6.45) is 3.06. The van der Waals surface area contributed by atoms with Crippen molar-refractivity contribution in [1.29, 1.82) is 0 Å². The standard InChI is InChI=1S/C9H13ClINO2S2/c10-8-4-5-9(15-8)16(13,14)12-7-3-1-2-6-11/h4-5,12H,1-3,6-7H2. The lowest BCUT2D eigenvalue weighted by Crippen LogP contribution is -2.23. The van der Waals surface area contributed by atoms with Crippen LogP contribution in [0.2, 0.25) is 4.34 Å². The summed E-state index contributed by atoms with van der Waals surface area (Å²) in [4.78, 5) is 0. The van der Waals surface area contributed by atoms with Gasteiger partial charge in [0.15, 0.2) is 0 Å². The molecule has 0 aliphatic heterocycles. The molecular weight excluding hydrogens is 381 g/mol. The number of sulfonamides is 1. The van der Waals surface area contributed by atoms with E-state index in [1.165, 1.54) is 6.07 Å². The average molecular weight is 394 g/mol. The minimum Gasteiger partial charge on any atom is -0.210 e. The van der Waals surface area contributed by atoms with Gasteiger partial charge in [-0.05, 0) is 29.4 Å². The number of hydrogen-bond donors (Lipinski definition) is 1. The Morgan fingerprint density at radius 2 is 2.06 bits per heavy atom. The van der Waals surface area contributed by atoms with Crippen molar-refractivity contribution in [3.8, 4) is 0 Å². The third kappa shape index (κ3) is 4.87. The zero-order valence-electron chi connectivity index (χ0n) is 8.58. The molecule has 7 heteroatoms. The van der Waals surface area contributed by atoms with Crippen molar-refractivity contribution in [3.05, 3.63) is 16.5 Å². The fraction of sp³-hybridized carbons (Fsp3) is 0.556. The van der Waals surface area contributed by atoms with E-state index in [9.17, 15) is 8.42 Å². The molecule has 0 saturated heterocycles. The topological polar surface area (TPSA) is 46.2 Å². The Morgan fingerprint density at radius 1 is 1.31 bits per heavy atom. The van der Waals surface area contributed by atoms with Gasteiger partial charge >= 0.3 is 0 Å². The lowest BCUT2D eigenvalue weighted by atomic mass is 10.3. The first kappa shape index (κ1) is 14.7. The molecule has 1 rings (SSSR count). The van der Waals surface area contributed by atoms with Crippen LogP contribution in [-0.4, -0.2) is 19.4 Å². The van der Waals surface area contributed by atoms with E-state index in [-0.39, 0.29) is 4.21 Å². The Morgan fingerprint density at radius 3 is 2.62 bits per heavy atom. The van der Waals surface area contributed by atoms with Gasteiger partial charge in [0.25, 0.3) is 0 Å². The molecule has 0 aliphatic carbocycles. The maximum absolute atomic E-state index is 11.7. The molecule has 0 saturated carbocycles. The van der Waals surface area contributed by atoms with Crippen LogP contribution in [-0.2, 0) is 10.0 Å². The van der Waals surface area contributed by atoms with Crippen molar-refractivity contribution in [2.24, 2.45) is 0 Å². The normalized spacial score (nSPS) is 11.9. The number of halogens is 2. The molecule has 92 valence electrons. The molecule has 16 heavy (non-hydrogen) atoms. The lowest BCUT2D eigenvalue weighted by Gasteiger charge is -2.03. The monoisotopic (exact) mass is 393 g/mol. The molecule has 0 amide bonds. The zero-order chi connectivity index (χ0) is 12.0. The van der Waals surface area contributed by atoms with Crippen LogP contribution in [0.5, 0.6) is 0 Å². The van der Waals surface area contributed by atoms with E-state index in [1.807, 2.05) is 0 Å². The van der Waals surface area contributed by atoms with Gasteiger partial charge < -0.3 is 0 Å². The maximum atomic E-state index is 11.7. The second kappa shape index (κ2) is 7.15. The Kier molecular flexibility index (Phi) is 6.57. The minimum absolute atomic E-state index is 0.284. The third-order valence-electron chi connectivity index (χ3n) is 1.92. The van der Waals surface area contributed by atoms with Crippen molar-refractivity contribution in [3.63, 3.8) is 0 Å². The summed E-state index contributed by atoms with van der Waals surface area (Å²) >= 11 is 9.09. The highest BCUT2D eigenvalue weighted by Crippen LogP contribution is 2.25. The van der Waals surface area contributed by atoms with E-state index >= 15 is 0 Å².